The van der Waals surface area contributed by atoms with E-state index in [1.165, 1.54) is 11.0 Å². The fourth-order valence-electron chi connectivity index (χ4n) is 4.44. The lowest BCUT2D eigenvalue weighted by Crippen LogP contribution is -2.53. The topological polar surface area (TPSA) is 73.0 Å². The van der Waals surface area contributed by atoms with Gasteiger partial charge in [-0.3, -0.25) is 24.6 Å². The molecule has 0 aliphatic carbocycles. The number of hydrogen-bond acceptors (Lipinski definition) is 5. The van der Waals surface area contributed by atoms with E-state index in [4.69, 9.17) is 0 Å². The van der Waals surface area contributed by atoms with Gasteiger partial charge >= 0.3 is 0 Å². The molecule has 0 radical (unpaired) electrons. The predicted octanol–water partition coefficient (Wildman–Crippen LogP) is 1.51. The number of piperidine rings is 1. The number of amides is 3. The summed E-state index contributed by atoms with van der Waals surface area (Å²) in [7, 11) is 0. The zero-order valence-corrected chi connectivity index (χ0v) is 17.1. The maximum Gasteiger partial charge on any atom is 0.255 e. The van der Waals surface area contributed by atoms with Crippen LogP contribution in [-0.2, 0) is 16.1 Å². The summed E-state index contributed by atoms with van der Waals surface area (Å²) in [6.45, 7) is 9.92. The second kappa shape index (κ2) is 7.09. The third-order valence-electron chi connectivity index (χ3n) is 6.16. The number of benzene rings is 1. The summed E-state index contributed by atoms with van der Waals surface area (Å²) in [5, 5.41) is 2.29. The van der Waals surface area contributed by atoms with E-state index in [1.54, 1.807) is 6.07 Å². The van der Waals surface area contributed by atoms with Crippen LogP contribution in [0.1, 0.15) is 49.5 Å². The van der Waals surface area contributed by atoms with E-state index in [0.717, 1.165) is 31.7 Å². The number of piperazine rings is 1. The highest BCUT2D eigenvalue weighted by molar-refractivity contribution is 6.05. The molecule has 0 unspecified atom stereocenters. The maximum atomic E-state index is 14.9. The molecule has 1 aromatic rings. The number of fused-ring (bicyclic) bond motifs is 1. The zero-order valence-electron chi connectivity index (χ0n) is 17.1. The number of carbonyl (C=O) groups is 3. The quantitative estimate of drug-likeness (QED) is 0.760. The molecule has 3 heterocycles. The number of anilines is 1. The van der Waals surface area contributed by atoms with E-state index in [1.807, 2.05) is 4.90 Å². The second-order valence-corrected chi connectivity index (χ2v) is 9.01. The molecule has 0 saturated carbocycles. The van der Waals surface area contributed by atoms with E-state index >= 15 is 0 Å². The molecule has 2 fully saturated rings. The summed E-state index contributed by atoms with van der Waals surface area (Å²) in [4.78, 5) is 42.2. The maximum absolute atomic E-state index is 14.9. The molecule has 0 aromatic heterocycles. The molecule has 8 heteroatoms. The Morgan fingerprint density at radius 3 is 2.38 bits per heavy atom. The van der Waals surface area contributed by atoms with Crippen LogP contribution < -0.4 is 10.2 Å². The van der Waals surface area contributed by atoms with Gasteiger partial charge in [0.2, 0.25) is 11.8 Å². The fraction of sp³-hybridized carbons (Fsp3) is 0.571. The van der Waals surface area contributed by atoms with Crippen LogP contribution in [0.15, 0.2) is 12.1 Å². The largest absolute Gasteiger partial charge is 0.367 e. The Bertz CT molecular complexity index is 871. The van der Waals surface area contributed by atoms with E-state index < -0.39 is 17.8 Å². The molecule has 156 valence electrons. The highest BCUT2D eigenvalue weighted by atomic mass is 19.1. The lowest BCUT2D eigenvalue weighted by Gasteiger charge is -2.43. The van der Waals surface area contributed by atoms with Crippen molar-refractivity contribution in [2.45, 2.75) is 51.7 Å². The number of carbonyl (C=O) groups excluding carboxylic acids is 3. The van der Waals surface area contributed by atoms with Crippen molar-refractivity contribution in [3.8, 4) is 0 Å². The summed E-state index contributed by atoms with van der Waals surface area (Å²) in [5.41, 5.74) is 1.63. The minimum Gasteiger partial charge on any atom is -0.367 e. The first kappa shape index (κ1) is 19.8. The number of nitrogens with zero attached hydrogens (tertiary/aromatic N) is 3. The third-order valence-corrected chi connectivity index (χ3v) is 6.16. The van der Waals surface area contributed by atoms with Crippen LogP contribution in [0.2, 0.25) is 0 Å². The molecular formula is C21H27FN4O3. The molecule has 7 nitrogen and oxygen atoms in total. The van der Waals surface area contributed by atoms with E-state index in [-0.39, 0.29) is 30.3 Å². The lowest BCUT2D eigenvalue weighted by atomic mass is 10.0. The van der Waals surface area contributed by atoms with Crippen molar-refractivity contribution in [3.05, 3.63) is 29.1 Å². The second-order valence-electron chi connectivity index (χ2n) is 9.01. The molecule has 1 atom stereocenters. The molecule has 3 aliphatic heterocycles. The number of rotatable bonds is 2. The summed E-state index contributed by atoms with van der Waals surface area (Å²) >= 11 is 0. The van der Waals surface area contributed by atoms with Crippen LogP contribution in [0.5, 0.6) is 0 Å². The molecule has 0 spiro atoms. The highest BCUT2D eigenvalue weighted by Gasteiger charge is 2.40. The van der Waals surface area contributed by atoms with Gasteiger partial charge in [-0.2, -0.15) is 0 Å². The Balaban J connectivity index is 1.53. The number of imide groups is 1. The van der Waals surface area contributed by atoms with Crippen LogP contribution in [0, 0.1) is 5.82 Å². The Morgan fingerprint density at radius 2 is 1.76 bits per heavy atom. The smallest absolute Gasteiger partial charge is 0.255 e. The molecule has 29 heavy (non-hydrogen) atoms. The van der Waals surface area contributed by atoms with Gasteiger partial charge in [-0.1, -0.05) is 0 Å². The average molecular weight is 402 g/mol. The normalized spacial score (nSPS) is 23.4. The SMILES string of the molecule is CC(C)(C)N1CCN(c2cc3c(cc2F)C(=O)N([C@H]2CCC(=O)NC2=O)C3)CC1. The predicted molar refractivity (Wildman–Crippen MR) is 106 cm³/mol. The zero-order chi connectivity index (χ0) is 20.9. The van der Waals surface area contributed by atoms with Crippen LogP contribution >= 0.6 is 0 Å². The van der Waals surface area contributed by atoms with Crippen molar-refractivity contribution in [1.82, 2.24) is 15.1 Å². The lowest BCUT2D eigenvalue weighted by molar-refractivity contribution is -0.136. The van der Waals surface area contributed by atoms with Crippen molar-refractivity contribution in [1.29, 1.82) is 0 Å². The molecule has 1 N–H and O–H groups in total. The van der Waals surface area contributed by atoms with Crippen molar-refractivity contribution >= 4 is 23.4 Å². The minimum atomic E-state index is -0.686. The van der Waals surface area contributed by atoms with Crippen LogP contribution in [0.4, 0.5) is 10.1 Å². The molecule has 0 bridgehead atoms. The highest BCUT2D eigenvalue weighted by Crippen LogP contribution is 2.33. The molecular weight excluding hydrogens is 375 g/mol. The number of halogens is 1. The van der Waals surface area contributed by atoms with Crippen molar-refractivity contribution in [3.63, 3.8) is 0 Å². The van der Waals surface area contributed by atoms with Gasteiger partial charge in [0.25, 0.3) is 5.91 Å². The first-order chi connectivity index (χ1) is 13.6. The number of hydrogen-bond donors (Lipinski definition) is 1. The van der Waals surface area contributed by atoms with Crippen molar-refractivity contribution < 1.29 is 18.8 Å². The van der Waals surface area contributed by atoms with Gasteiger partial charge in [0.15, 0.2) is 0 Å². The summed E-state index contributed by atoms with van der Waals surface area (Å²) < 4.78 is 14.9. The van der Waals surface area contributed by atoms with E-state index in [0.29, 0.717) is 17.7 Å². The standard InChI is InChI=1S/C21H27FN4O3/c1-21(2,3)25-8-6-24(7-9-25)17-10-13-12-26(20(29)14(13)11-15(17)22)16-4-5-18(27)23-19(16)28/h10-11,16H,4-9,12H2,1-3H3,(H,23,27,28)/t16-/m0/s1. The molecule has 3 aliphatic rings. The van der Waals surface area contributed by atoms with Gasteiger partial charge in [0, 0.05) is 50.2 Å². The van der Waals surface area contributed by atoms with Gasteiger partial charge in [-0.25, -0.2) is 4.39 Å². The van der Waals surface area contributed by atoms with Gasteiger partial charge in [-0.05, 0) is 44.9 Å². The molecule has 4 rings (SSSR count). The van der Waals surface area contributed by atoms with Crippen LogP contribution in [0.3, 0.4) is 0 Å². The summed E-state index contributed by atoms with van der Waals surface area (Å²) in [5.74, 6) is -1.54. The Labute approximate surface area is 169 Å². The Kier molecular flexibility index (Phi) is 4.85. The molecule has 2 saturated heterocycles. The van der Waals surface area contributed by atoms with E-state index in [9.17, 15) is 18.8 Å². The first-order valence-corrected chi connectivity index (χ1v) is 10.1. The Hall–Kier alpha value is -2.48. The van der Waals surface area contributed by atoms with Gasteiger partial charge < -0.3 is 9.80 Å². The minimum absolute atomic E-state index is 0.0808. The number of nitrogens with one attached hydrogen (secondary N) is 1. The average Bonchev–Trinajstić information content (AvgIpc) is 2.96. The van der Waals surface area contributed by atoms with E-state index in [2.05, 4.69) is 31.0 Å². The van der Waals surface area contributed by atoms with Gasteiger partial charge in [-0.15, -0.1) is 0 Å². The third kappa shape index (κ3) is 3.61. The van der Waals surface area contributed by atoms with Crippen LogP contribution in [0.25, 0.3) is 0 Å². The Morgan fingerprint density at radius 1 is 1.07 bits per heavy atom. The first-order valence-electron chi connectivity index (χ1n) is 10.1. The van der Waals surface area contributed by atoms with Gasteiger partial charge in [0.05, 0.1) is 5.69 Å². The monoisotopic (exact) mass is 402 g/mol. The molecule has 1 aromatic carbocycles. The van der Waals surface area contributed by atoms with Gasteiger partial charge in [0.1, 0.15) is 11.9 Å². The summed E-state index contributed by atoms with van der Waals surface area (Å²) in [6.07, 6.45) is 0.503. The fourth-order valence-corrected chi connectivity index (χ4v) is 4.44. The van der Waals surface area contributed by atoms with Crippen molar-refractivity contribution in [2.24, 2.45) is 0 Å². The molecule has 3 amide bonds. The summed E-state index contributed by atoms with van der Waals surface area (Å²) in [6, 6.07) is 2.37. The van der Waals surface area contributed by atoms with Crippen LogP contribution in [-0.4, -0.2) is 65.3 Å². The van der Waals surface area contributed by atoms with Crippen molar-refractivity contribution in [2.75, 3.05) is 31.1 Å².